The summed E-state index contributed by atoms with van der Waals surface area (Å²) in [6.45, 7) is 0.552. The molecular formula is C12H11ClF3N3O. The quantitative estimate of drug-likeness (QED) is 0.886. The first-order valence-electron chi connectivity index (χ1n) is 5.82. The molecule has 0 unspecified atom stereocenters. The smallest absolute Gasteiger partial charge is 0.330 e. The number of hydrogen-bond acceptors (Lipinski definition) is 3. The van der Waals surface area contributed by atoms with Gasteiger partial charge in [-0.2, -0.15) is 13.2 Å². The lowest BCUT2D eigenvalue weighted by molar-refractivity contribution is -0.136. The Morgan fingerprint density at radius 1 is 1.35 bits per heavy atom. The van der Waals surface area contributed by atoms with Gasteiger partial charge in [0.05, 0.1) is 16.5 Å². The minimum absolute atomic E-state index is 0.110. The lowest BCUT2D eigenvalue weighted by atomic mass is 10.1. The van der Waals surface area contributed by atoms with Crippen LogP contribution in [0.2, 0.25) is 5.28 Å². The zero-order valence-electron chi connectivity index (χ0n) is 10.2. The van der Waals surface area contributed by atoms with E-state index < -0.39 is 22.8 Å². The van der Waals surface area contributed by atoms with E-state index >= 15 is 0 Å². The monoisotopic (exact) mass is 305 g/mol. The van der Waals surface area contributed by atoms with Crippen LogP contribution in [-0.4, -0.2) is 16.1 Å². The molecule has 2 N–H and O–H groups in total. The number of para-hydroxylation sites is 1. The van der Waals surface area contributed by atoms with Crippen LogP contribution in [0.25, 0.3) is 10.9 Å². The first-order chi connectivity index (χ1) is 9.36. The molecule has 0 saturated carbocycles. The van der Waals surface area contributed by atoms with E-state index in [4.69, 9.17) is 17.3 Å². The minimum atomic E-state index is -4.59. The van der Waals surface area contributed by atoms with Crippen LogP contribution in [0.1, 0.15) is 12.0 Å². The van der Waals surface area contributed by atoms with Gasteiger partial charge in [0, 0.05) is 6.54 Å². The number of benzene rings is 1. The molecule has 4 nitrogen and oxygen atoms in total. The van der Waals surface area contributed by atoms with Crippen molar-refractivity contribution in [3.05, 3.63) is 39.4 Å². The average molecular weight is 306 g/mol. The fraction of sp³-hybridized carbons (Fsp3) is 0.333. The Kier molecular flexibility index (Phi) is 4.01. The van der Waals surface area contributed by atoms with Gasteiger partial charge in [-0.15, -0.1) is 0 Å². The highest BCUT2D eigenvalue weighted by atomic mass is 35.5. The zero-order chi connectivity index (χ0) is 14.9. The van der Waals surface area contributed by atoms with Crippen molar-refractivity contribution in [2.75, 3.05) is 6.54 Å². The number of halogens is 4. The van der Waals surface area contributed by atoms with Gasteiger partial charge in [-0.25, -0.2) is 4.98 Å². The zero-order valence-corrected chi connectivity index (χ0v) is 11.0. The number of nitrogens with two attached hydrogens (primary N) is 1. The molecule has 1 heterocycles. The number of hydrogen-bond donors (Lipinski definition) is 1. The molecular weight excluding hydrogens is 295 g/mol. The van der Waals surface area contributed by atoms with Crippen molar-refractivity contribution in [3.8, 4) is 0 Å². The van der Waals surface area contributed by atoms with E-state index in [0.29, 0.717) is 13.0 Å². The van der Waals surface area contributed by atoms with Gasteiger partial charge in [0.25, 0.3) is 5.56 Å². The van der Waals surface area contributed by atoms with Crippen molar-refractivity contribution in [2.24, 2.45) is 5.73 Å². The van der Waals surface area contributed by atoms with Crippen LogP contribution in [-0.2, 0) is 12.7 Å². The van der Waals surface area contributed by atoms with E-state index in [1.807, 2.05) is 0 Å². The van der Waals surface area contributed by atoms with Gasteiger partial charge in [-0.3, -0.25) is 9.36 Å². The fourth-order valence-electron chi connectivity index (χ4n) is 1.89. The van der Waals surface area contributed by atoms with Crippen LogP contribution in [0.5, 0.6) is 0 Å². The van der Waals surface area contributed by atoms with E-state index in [9.17, 15) is 18.0 Å². The largest absolute Gasteiger partial charge is 0.418 e. The Morgan fingerprint density at radius 2 is 2.05 bits per heavy atom. The van der Waals surface area contributed by atoms with Crippen LogP contribution in [0.15, 0.2) is 23.0 Å². The summed E-state index contributed by atoms with van der Waals surface area (Å²) in [6, 6.07) is 3.35. The summed E-state index contributed by atoms with van der Waals surface area (Å²) in [4.78, 5) is 15.9. The Hall–Kier alpha value is -1.60. The van der Waals surface area contributed by atoms with Crippen molar-refractivity contribution >= 4 is 22.5 Å². The molecule has 0 radical (unpaired) electrons. The van der Waals surface area contributed by atoms with Crippen molar-refractivity contribution in [2.45, 2.75) is 19.1 Å². The first-order valence-corrected chi connectivity index (χ1v) is 6.20. The second-order valence-corrected chi connectivity index (χ2v) is 4.52. The molecule has 0 spiro atoms. The van der Waals surface area contributed by atoms with E-state index in [2.05, 4.69) is 4.98 Å². The number of fused-ring (bicyclic) bond motifs is 1. The maximum absolute atomic E-state index is 12.9. The summed E-state index contributed by atoms with van der Waals surface area (Å²) in [5.41, 5.74) is 3.34. The highest BCUT2D eigenvalue weighted by Crippen LogP contribution is 2.33. The third kappa shape index (κ3) is 2.64. The van der Waals surface area contributed by atoms with Crippen molar-refractivity contribution in [3.63, 3.8) is 0 Å². The molecule has 0 aliphatic rings. The Labute approximate surface area is 117 Å². The topological polar surface area (TPSA) is 60.9 Å². The molecule has 2 aromatic rings. The molecule has 0 atom stereocenters. The summed E-state index contributed by atoms with van der Waals surface area (Å²) in [6.07, 6.45) is -4.11. The minimum Gasteiger partial charge on any atom is -0.330 e. The van der Waals surface area contributed by atoms with Crippen LogP contribution in [0.3, 0.4) is 0 Å². The molecule has 2 rings (SSSR count). The maximum atomic E-state index is 12.9. The third-order valence-electron chi connectivity index (χ3n) is 2.83. The van der Waals surface area contributed by atoms with Gasteiger partial charge in [0.1, 0.15) is 0 Å². The molecule has 20 heavy (non-hydrogen) atoms. The predicted molar refractivity (Wildman–Crippen MR) is 69.7 cm³/mol. The second kappa shape index (κ2) is 5.41. The Balaban J connectivity index is 2.73. The van der Waals surface area contributed by atoms with Gasteiger partial charge >= 0.3 is 6.18 Å². The van der Waals surface area contributed by atoms with Crippen LogP contribution >= 0.6 is 11.6 Å². The normalized spacial score (nSPS) is 12.1. The Morgan fingerprint density at radius 3 is 2.65 bits per heavy atom. The van der Waals surface area contributed by atoms with Gasteiger partial charge in [-0.1, -0.05) is 6.07 Å². The highest BCUT2D eigenvalue weighted by molar-refractivity contribution is 6.28. The number of alkyl halides is 3. The standard InChI is InChI=1S/C12H11ClF3N3O/c13-11-18-9-7(10(20)19(11)6-2-5-17)3-1-4-8(9)12(14,15)16/h1,3-4H,2,5-6,17H2. The molecule has 0 saturated heterocycles. The maximum Gasteiger partial charge on any atom is 0.418 e. The van der Waals surface area contributed by atoms with Gasteiger partial charge in [0.15, 0.2) is 0 Å². The number of rotatable bonds is 3. The summed E-state index contributed by atoms with van der Waals surface area (Å²) < 4.78 is 39.7. The lowest BCUT2D eigenvalue weighted by Crippen LogP contribution is -2.24. The number of aromatic nitrogens is 2. The van der Waals surface area contributed by atoms with E-state index in [1.165, 1.54) is 12.1 Å². The summed E-state index contributed by atoms with van der Waals surface area (Å²) in [5, 5.41) is -0.381. The van der Waals surface area contributed by atoms with Crippen molar-refractivity contribution < 1.29 is 13.2 Å². The van der Waals surface area contributed by atoms with Gasteiger partial charge in [0.2, 0.25) is 5.28 Å². The molecule has 0 bridgehead atoms. The summed E-state index contributed by atoms with van der Waals surface area (Å²) in [5.74, 6) is 0. The predicted octanol–water partition coefficient (Wildman–Crippen LogP) is 2.42. The van der Waals surface area contributed by atoms with Gasteiger partial charge in [-0.05, 0) is 36.7 Å². The Bertz CT molecular complexity index is 697. The molecule has 0 aliphatic carbocycles. The summed E-state index contributed by atoms with van der Waals surface area (Å²) >= 11 is 5.81. The average Bonchev–Trinajstić information content (AvgIpc) is 2.37. The first kappa shape index (κ1) is 14.8. The molecule has 108 valence electrons. The van der Waals surface area contributed by atoms with E-state index in [-0.39, 0.29) is 17.2 Å². The fourth-order valence-corrected chi connectivity index (χ4v) is 2.14. The molecule has 0 aliphatic heterocycles. The molecule has 0 amide bonds. The molecule has 1 aromatic heterocycles. The van der Waals surface area contributed by atoms with E-state index in [1.54, 1.807) is 0 Å². The molecule has 1 aromatic carbocycles. The SMILES string of the molecule is NCCCn1c(Cl)nc2c(C(F)(F)F)cccc2c1=O. The second-order valence-electron chi connectivity index (χ2n) is 4.18. The van der Waals surface area contributed by atoms with E-state index in [0.717, 1.165) is 10.6 Å². The molecule has 8 heteroatoms. The van der Waals surface area contributed by atoms with Crippen molar-refractivity contribution in [1.29, 1.82) is 0 Å². The van der Waals surface area contributed by atoms with Crippen molar-refractivity contribution in [1.82, 2.24) is 9.55 Å². The third-order valence-corrected chi connectivity index (χ3v) is 3.12. The summed E-state index contributed by atoms with van der Waals surface area (Å²) in [7, 11) is 0. The van der Waals surface area contributed by atoms with Crippen LogP contribution in [0, 0.1) is 0 Å². The van der Waals surface area contributed by atoms with Gasteiger partial charge < -0.3 is 5.73 Å². The lowest BCUT2D eigenvalue weighted by Gasteiger charge is -2.12. The number of nitrogens with zero attached hydrogens (tertiary/aromatic N) is 2. The molecule has 0 fully saturated rings. The highest BCUT2D eigenvalue weighted by Gasteiger charge is 2.33. The van der Waals surface area contributed by atoms with Crippen LogP contribution < -0.4 is 11.3 Å². The van der Waals surface area contributed by atoms with Crippen LogP contribution in [0.4, 0.5) is 13.2 Å².